The van der Waals surface area contributed by atoms with Crippen molar-refractivity contribution in [3.8, 4) is 0 Å². The van der Waals surface area contributed by atoms with E-state index >= 15 is 0 Å². The number of morpholine rings is 1. The molecule has 2 heterocycles. The van der Waals surface area contributed by atoms with Gasteiger partial charge in [0.05, 0.1) is 24.3 Å². The second kappa shape index (κ2) is 6.28. The van der Waals surface area contributed by atoms with Crippen molar-refractivity contribution in [3.63, 3.8) is 0 Å². The first-order chi connectivity index (χ1) is 12.1. The van der Waals surface area contributed by atoms with Gasteiger partial charge >= 0.3 is 0 Å². The van der Waals surface area contributed by atoms with Crippen molar-refractivity contribution in [2.45, 2.75) is 12.6 Å². The molecule has 0 spiro atoms. The SMILES string of the molecule is C=CC[Si]1(C)c2cc(N3CCOCC3)ccc2N=c2ccc(=C)cc21. The minimum Gasteiger partial charge on any atom is -0.378 e. The van der Waals surface area contributed by atoms with Gasteiger partial charge in [0.2, 0.25) is 0 Å². The van der Waals surface area contributed by atoms with E-state index in [2.05, 4.69) is 67.1 Å². The number of allylic oxidation sites excluding steroid dienone is 1. The Bertz CT molecular complexity index is 933. The summed E-state index contributed by atoms with van der Waals surface area (Å²) in [5.74, 6) is 0. The van der Waals surface area contributed by atoms with Crippen molar-refractivity contribution in [2.75, 3.05) is 31.2 Å². The second-order valence-corrected chi connectivity index (χ2v) is 11.2. The lowest BCUT2D eigenvalue weighted by Crippen LogP contribution is -2.63. The van der Waals surface area contributed by atoms with Crippen LogP contribution in [-0.2, 0) is 4.74 Å². The Morgan fingerprint density at radius 3 is 2.72 bits per heavy atom. The third-order valence-electron chi connectivity index (χ3n) is 5.40. The van der Waals surface area contributed by atoms with Crippen molar-refractivity contribution in [1.82, 2.24) is 0 Å². The molecule has 128 valence electrons. The molecule has 2 aliphatic rings. The van der Waals surface area contributed by atoms with Gasteiger partial charge in [-0.3, -0.25) is 0 Å². The Balaban J connectivity index is 1.90. The molecule has 1 unspecified atom stereocenters. The van der Waals surface area contributed by atoms with Gasteiger partial charge in [-0.2, -0.15) is 0 Å². The van der Waals surface area contributed by atoms with Gasteiger partial charge in [-0.25, -0.2) is 4.99 Å². The van der Waals surface area contributed by atoms with Gasteiger partial charge in [0.15, 0.2) is 0 Å². The van der Waals surface area contributed by atoms with E-state index in [0.717, 1.165) is 48.6 Å². The molecule has 4 rings (SSSR count). The summed E-state index contributed by atoms with van der Waals surface area (Å²) in [4.78, 5) is 7.36. The highest BCUT2D eigenvalue weighted by atomic mass is 28.3. The third kappa shape index (κ3) is 2.75. The van der Waals surface area contributed by atoms with Crippen molar-refractivity contribution in [3.05, 3.63) is 59.6 Å². The summed E-state index contributed by atoms with van der Waals surface area (Å²) in [5, 5.41) is 4.96. The largest absolute Gasteiger partial charge is 0.378 e. The summed E-state index contributed by atoms with van der Waals surface area (Å²) < 4.78 is 5.50. The van der Waals surface area contributed by atoms with E-state index in [4.69, 9.17) is 9.73 Å². The zero-order valence-corrected chi connectivity index (χ0v) is 15.8. The fourth-order valence-electron chi connectivity index (χ4n) is 3.99. The van der Waals surface area contributed by atoms with Crippen LogP contribution in [0.2, 0.25) is 12.6 Å². The maximum absolute atomic E-state index is 5.50. The third-order valence-corrected chi connectivity index (χ3v) is 9.68. The Morgan fingerprint density at radius 1 is 1.16 bits per heavy atom. The topological polar surface area (TPSA) is 24.8 Å². The maximum atomic E-state index is 5.50. The molecule has 0 aliphatic carbocycles. The zero-order chi connectivity index (χ0) is 17.4. The highest BCUT2D eigenvalue weighted by Crippen LogP contribution is 2.25. The lowest BCUT2D eigenvalue weighted by atomic mass is 10.2. The van der Waals surface area contributed by atoms with Gasteiger partial charge in [0, 0.05) is 18.8 Å². The summed E-state index contributed by atoms with van der Waals surface area (Å²) in [6, 6.07) is 14.2. The number of ether oxygens (including phenoxy) is 1. The van der Waals surface area contributed by atoms with Crippen LogP contribution in [0.25, 0.3) is 6.58 Å². The number of hydrogen-bond acceptors (Lipinski definition) is 3. The molecule has 25 heavy (non-hydrogen) atoms. The van der Waals surface area contributed by atoms with Gasteiger partial charge in [-0.1, -0.05) is 31.3 Å². The van der Waals surface area contributed by atoms with Crippen LogP contribution in [0.3, 0.4) is 0 Å². The number of hydrogen-bond donors (Lipinski definition) is 0. The predicted molar refractivity (Wildman–Crippen MR) is 108 cm³/mol. The number of anilines is 1. The molecule has 2 aromatic carbocycles. The summed E-state index contributed by atoms with van der Waals surface area (Å²) >= 11 is 0. The van der Waals surface area contributed by atoms with Crippen LogP contribution in [0, 0.1) is 0 Å². The monoisotopic (exact) mass is 348 g/mol. The fraction of sp³-hybridized carbons (Fsp3) is 0.286. The molecule has 0 bridgehead atoms. The van der Waals surface area contributed by atoms with Crippen molar-refractivity contribution < 1.29 is 4.74 Å². The zero-order valence-electron chi connectivity index (χ0n) is 14.8. The Kier molecular flexibility index (Phi) is 4.10. The van der Waals surface area contributed by atoms with Crippen LogP contribution in [0.4, 0.5) is 11.4 Å². The van der Waals surface area contributed by atoms with Crippen LogP contribution >= 0.6 is 0 Å². The van der Waals surface area contributed by atoms with Crippen molar-refractivity contribution >= 4 is 36.4 Å². The standard InChI is InChI=1S/C21H24N2OSi/c1-4-13-25(3)20-14-16(2)5-7-18(20)22-19-8-6-17(15-21(19)25)23-9-11-24-12-10-23/h4-8,14-15H,1-2,9-13H2,3H3. The summed E-state index contributed by atoms with van der Waals surface area (Å²) in [7, 11) is -1.91. The minimum atomic E-state index is -1.91. The average Bonchev–Trinajstić information content (AvgIpc) is 2.64. The number of fused-ring (bicyclic) bond motifs is 2. The van der Waals surface area contributed by atoms with E-state index in [1.54, 1.807) is 0 Å². The molecule has 0 saturated carbocycles. The number of benzene rings is 2. The van der Waals surface area contributed by atoms with Crippen LogP contribution in [0.1, 0.15) is 0 Å². The molecule has 4 heteroatoms. The fourth-order valence-corrected chi connectivity index (χ4v) is 7.67. The quantitative estimate of drug-likeness (QED) is 0.621. The first kappa shape index (κ1) is 16.3. The summed E-state index contributed by atoms with van der Waals surface area (Å²) in [5.41, 5.74) is 2.41. The second-order valence-electron chi connectivity index (χ2n) is 7.09. The van der Waals surface area contributed by atoms with E-state index < -0.39 is 8.07 Å². The van der Waals surface area contributed by atoms with Crippen molar-refractivity contribution in [2.24, 2.45) is 4.99 Å². The molecule has 2 aliphatic heterocycles. The molecule has 0 amide bonds. The first-order valence-corrected chi connectivity index (χ1v) is 11.6. The Hall–Kier alpha value is -2.17. The van der Waals surface area contributed by atoms with Crippen molar-refractivity contribution in [1.29, 1.82) is 0 Å². The smallest absolute Gasteiger partial charge is 0.124 e. The highest BCUT2D eigenvalue weighted by molar-refractivity contribution is 7.02. The molecule has 1 atom stereocenters. The van der Waals surface area contributed by atoms with E-state index in [0.29, 0.717) is 0 Å². The molecule has 3 nitrogen and oxygen atoms in total. The summed E-state index contributed by atoms with van der Waals surface area (Å²) in [6.45, 7) is 14.1. The molecule has 0 N–H and O–H groups in total. The summed E-state index contributed by atoms with van der Waals surface area (Å²) in [6.07, 6.45) is 2.07. The molecule has 2 aromatic rings. The molecule has 1 saturated heterocycles. The van der Waals surface area contributed by atoms with E-state index in [-0.39, 0.29) is 0 Å². The highest BCUT2D eigenvalue weighted by Gasteiger charge is 2.36. The number of nitrogens with zero attached hydrogens (tertiary/aromatic N) is 2. The van der Waals surface area contributed by atoms with Gasteiger partial charge in [0.1, 0.15) is 8.07 Å². The maximum Gasteiger partial charge on any atom is 0.124 e. The lowest BCUT2D eigenvalue weighted by Gasteiger charge is -2.34. The molecule has 0 aromatic heterocycles. The number of rotatable bonds is 3. The van der Waals surface area contributed by atoms with Gasteiger partial charge in [0.25, 0.3) is 0 Å². The first-order valence-electron chi connectivity index (χ1n) is 8.88. The average molecular weight is 349 g/mol. The normalized spacial score (nSPS) is 21.9. The molecular formula is C21H24N2OSi. The van der Waals surface area contributed by atoms with Gasteiger partial charge in [-0.05, 0) is 45.9 Å². The van der Waals surface area contributed by atoms with Crippen LogP contribution < -0.4 is 25.8 Å². The van der Waals surface area contributed by atoms with E-state index in [1.807, 2.05) is 0 Å². The lowest BCUT2D eigenvalue weighted by molar-refractivity contribution is 0.122. The van der Waals surface area contributed by atoms with Gasteiger partial charge in [-0.15, -0.1) is 6.58 Å². The Morgan fingerprint density at radius 2 is 1.96 bits per heavy atom. The van der Waals surface area contributed by atoms with E-state index in [1.165, 1.54) is 16.1 Å². The predicted octanol–water partition coefficient (Wildman–Crippen LogP) is 1.58. The Labute approximate surface area is 150 Å². The molecular weight excluding hydrogens is 324 g/mol. The van der Waals surface area contributed by atoms with Crippen LogP contribution in [0.15, 0.2) is 54.0 Å². The van der Waals surface area contributed by atoms with Crippen LogP contribution in [0.5, 0.6) is 0 Å². The van der Waals surface area contributed by atoms with Gasteiger partial charge < -0.3 is 9.64 Å². The molecule has 0 radical (unpaired) electrons. The minimum absolute atomic E-state index is 0.802. The van der Waals surface area contributed by atoms with E-state index in [9.17, 15) is 0 Å². The van der Waals surface area contributed by atoms with Crippen LogP contribution in [-0.4, -0.2) is 34.4 Å². The molecule has 1 fully saturated rings.